The molecule has 0 rings (SSSR count). The van der Waals surface area contributed by atoms with Crippen LogP contribution in [0.5, 0.6) is 0 Å². The normalized spacial score (nSPS) is 13.9. The number of unbranched alkanes of at least 4 members (excludes halogenated alkanes) is 50. The number of ether oxygens (including phenoxy) is 4. The lowest BCUT2D eigenvalue weighted by atomic mass is 10.0. The van der Waals surface area contributed by atoms with Crippen LogP contribution in [0.1, 0.15) is 453 Å². The molecule has 3 unspecified atom stereocenters. The summed E-state index contributed by atoms with van der Waals surface area (Å²) in [6.45, 7) is 14.3. The molecule has 0 saturated heterocycles. The molecule has 3 N–H and O–H groups in total. The van der Waals surface area contributed by atoms with E-state index >= 15 is 0 Å². The second-order valence-electron chi connectivity index (χ2n) is 33.2. The molecule has 0 radical (unpaired) electrons. The average molecular weight is 1550 g/mol. The average Bonchev–Trinajstić information content (AvgIpc) is 0.902. The Balaban J connectivity index is 5.23. The highest BCUT2D eigenvalue weighted by Crippen LogP contribution is 2.45. The zero-order chi connectivity index (χ0) is 78.1. The van der Waals surface area contributed by atoms with Crippen molar-refractivity contribution in [3.8, 4) is 0 Å². The van der Waals surface area contributed by atoms with Crippen LogP contribution >= 0.6 is 15.6 Å². The van der Waals surface area contributed by atoms with Gasteiger partial charge in [-0.25, -0.2) is 9.13 Å². The standard InChI is InChI=1S/C87H170O17P2/c1-77(2)63-55-47-39-32-26-20-15-11-9-10-12-18-24-30-36-44-53-61-69-86(91)103-82(73-97-84(89)67-59-51-43-35-29-23-17-14-13-16-21-27-33-40-48-56-64-78(3)4)75-101-105(93,94)99-71-81(88)72-100-106(95,96)102-76-83(74-98-85(90)68-60-52-46-38-42-50-58-66-80(7)8)104-87(92)70-62-54-45-37-31-25-19-22-28-34-41-49-57-65-79(5)6/h77-83,88H,9-76H2,1-8H3,(H,93,94)(H,95,96)/t81?,82-,83-/m1/s1. The van der Waals surface area contributed by atoms with E-state index in [1.54, 1.807) is 0 Å². The summed E-state index contributed by atoms with van der Waals surface area (Å²) in [5, 5.41) is 10.7. The van der Waals surface area contributed by atoms with Crippen LogP contribution in [0.15, 0.2) is 0 Å². The number of aliphatic hydroxyl groups is 1. The Labute approximate surface area is 651 Å². The largest absolute Gasteiger partial charge is 0.472 e. The lowest BCUT2D eigenvalue weighted by Crippen LogP contribution is -2.30. The number of rotatable bonds is 84. The van der Waals surface area contributed by atoms with E-state index in [0.717, 1.165) is 114 Å². The maximum Gasteiger partial charge on any atom is 0.472 e. The third-order valence-electron chi connectivity index (χ3n) is 20.3. The van der Waals surface area contributed by atoms with Crippen molar-refractivity contribution in [3.05, 3.63) is 0 Å². The number of hydrogen-bond acceptors (Lipinski definition) is 15. The zero-order valence-corrected chi connectivity index (χ0v) is 71.9. The molecule has 0 bridgehead atoms. The molecule has 0 aliphatic rings. The van der Waals surface area contributed by atoms with Gasteiger partial charge >= 0.3 is 39.5 Å². The first-order chi connectivity index (χ1) is 51.1. The molecule has 0 aromatic carbocycles. The Morgan fingerprint density at radius 1 is 0.236 bits per heavy atom. The van der Waals surface area contributed by atoms with Crippen LogP contribution < -0.4 is 0 Å². The van der Waals surface area contributed by atoms with Crippen molar-refractivity contribution in [2.24, 2.45) is 23.7 Å². The summed E-state index contributed by atoms with van der Waals surface area (Å²) in [5.74, 6) is 1.02. The molecule has 0 heterocycles. The Kier molecular flexibility index (Phi) is 74.3. The summed E-state index contributed by atoms with van der Waals surface area (Å²) in [7, 11) is -9.93. The van der Waals surface area contributed by atoms with E-state index in [0.29, 0.717) is 31.6 Å². The quantitative estimate of drug-likeness (QED) is 0.0222. The van der Waals surface area contributed by atoms with Gasteiger partial charge in [0.05, 0.1) is 26.4 Å². The number of phosphoric acid groups is 2. The van der Waals surface area contributed by atoms with Gasteiger partial charge in [0.2, 0.25) is 0 Å². The summed E-state index contributed by atoms with van der Waals surface area (Å²) in [4.78, 5) is 73.2. The number of hydrogen-bond donors (Lipinski definition) is 3. The van der Waals surface area contributed by atoms with Crippen LogP contribution in [0.25, 0.3) is 0 Å². The molecule has 106 heavy (non-hydrogen) atoms. The number of esters is 4. The van der Waals surface area contributed by atoms with Gasteiger partial charge in [-0.15, -0.1) is 0 Å². The molecular weight excluding hydrogens is 1380 g/mol. The molecule has 0 amide bonds. The van der Waals surface area contributed by atoms with E-state index in [4.69, 9.17) is 37.0 Å². The fourth-order valence-electron chi connectivity index (χ4n) is 13.5. The molecule has 19 heteroatoms. The minimum absolute atomic E-state index is 0.106. The molecular formula is C87H170O17P2. The summed E-state index contributed by atoms with van der Waals surface area (Å²) in [6.07, 6.45) is 65.4. The Bertz CT molecular complexity index is 2060. The SMILES string of the molecule is CC(C)CCCCCCCCCCCCCCCCCCCCC(=O)O[C@H](COC(=O)CCCCCCCCCCCCCCCCCCC(C)C)COP(=O)(O)OCC(O)COP(=O)(O)OC[C@@H](COC(=O)CCCCCCCCCC(C)C)OC(=O)CCCCCCCCCCCCCCCC(C)C. The molecule has 0 spiro atoms. The van der Waals surface area contributed by atoms with Gasteiger partial charge in [0.1, 0.15) is 19.3 Å². The summed E-state index contributed by atoms with van der Waals surface area (Å²) in [5.41, 5.74) is 0. The smallest absolute Gasteiger partial charge is 0.462 e. The maximum atomic E-state index is 13.2. The number of phosphoric ester groups is 2. The first-order valence-electron chi connectivity index (χ1n) is 44.7. The van der Waals surface area contributed by atoms with E-state index < -0.39 is 97.5 Å². The first-order valence-corrected chi connectivity index (χ1v) is 47.7. The van der Waals surface area contributed by atoms with Crippen LogP contribution in [0, 0.1) is 23.7 Å². The van der Waals surface area contributed by atoms with Gasteiger partial charge in [-0.1, -0.05) is 402 Å². The molecule has 0 aromatic rings. The Morgan fingerprint density at radius 2 is 0.396 bits per heavy atom. The van der Waals surface area contributed by atoms with Crippen LogP contribution in [-0.4, -0.2) is 96.7 Å². The monoisotopic (exact) mass is 1550 g/mol. The van der Waals surface area contributed by atoms with E-state index in [2.05, 4.69) is 55.4 Å². The highest BCUT2D eigenvalue weighted by molar-refractivity contribution is 7.47. The predicted octanol–water partition coefficient (Wildman–Crippen LogP) is 26.3. The van der Waals surface area contributed by atoms with Crippen molar-refractivity contribution in [1.82, 2.24) is 0 Å². The second-order valence-corrected chi connectivity index (χ2v) is 36.1. The lowest BCUT2D eigenvalue weighted by Gasteiger charge is -2.21. The van der Waals surface area contributed by atoms with Gasteiger partial charge < -0.3 is 33.8 Å². The van der Waals surface area contributed by atoms with Gasteiger partial charge in [-0.2, -0.15) is 0 Å². The third-order valence-corrected chi connectivity index (χ3v) is 22.2. The molecule has 17 nitrogen and oxygen atoms in total. The van der Waals surface area contributed by atoms with Crippen molar-refractivity contribution in [2.45, 2.75) is 472 Å². The second kappa shape index (κ2) is 75.7. The third kappa shape index (κ3) is 80.1. The van der Waals surface area contributed by atoms with Crippen molar-refractivity contribution < 1.29 is 80.2 Å². The van der Waals surface area contributed by atoms with Gasteiger partial charge in [0, 0.05) is 25.7 Å². The molecule has 0 fully saturated rings. The molecule has 5 atom stereocenters. The molecule has 630 valence electrons. The topological polar surface area (TPSA) is 237 Å². The highest BCUT2D eigenvalue weighted by atomic mass is 31.2. The molecule has 0 saturated carbocycles. The summed E-state index contributed by atoms with van der Waals surface area (Å²) in [6, 6.07) is 0. The van der Waals surface area contributed by atoms with Gasteiger partial charge in [0.25, 0.3) is 0 Å². The minimum Gasteiger partial charge on any atom is -0.462 e. The van der Waals surface area contributed by atoms with Crippen molar-refractivity contribution >= 4 is 39.5 Å². The highest BCUT2D eigenvalue weighted by Gasteiger charge is 2.31. The molecule has 0 aromatic heterocycles. The first kappa shape index (κ1) is 104. The number of carbonyl (C=O) groups is 4. The van der Waals surface area contributed by atoms with Gasteiger partial charge in [-0.05, 0) is 49.4 Å². The van der Waals surface area contributed by atoms with Gasteiger partial charge in [-0.3, -0.25) is 37.3 Å². The van der Waals surface area contributed by atoms with Crippen LogP contribution in [0.4, 0.5) is 0 Å². The molecule has 0 aliphatic heterocycles. The Hall–Kier alpha value is -1.94. The minimum atomic E-state index is -4.97. The molecule has 0 aliphatic carbocycles. The number of aliphatic hydroxyl groups excluding tert-OH is 1. The van der Waals surface area contributed by atoms with E-state index in [9.17, 15) is 43.2 Å². The zero-order valence-electron chi connectivity index (χ0n) is 70.1. The lowest BCUT2D eigenvalue weighted by molar-refractivity contribution is -0.161. The van der Waals surface area contributed by atoms with Crippen molar-refractivity contribution in [1.29, 1.82) is 0 Å². The summed E-state index contributed by atoms with van der Waals surface area (Å²) >= 11 is 0. The van der Waals surface area contributed by atoms with E-state index in [-0.39, 0.29) is 25.7 Å². The van der Waals surface area contributed by atoms with Crippen LogP contribution in [0.2, 0.25) is 0 Å². The predicted molar refractivity (Wildman–Crippen MR) is 437 cm³/mol. The van der Waals surface area contributed by atoms with Crippen molar-refractivity contribution in [2.75, 3.05) is 39.6 Å². The van der Waals surface area contributed by atoms with E-state index in [1.165, 1.54) is 250 Å². The summed E-state index contributed by atoms with van der Waals surface area (Å²) < 4.78 is 68.9. The van der Waals surface area contributed by atoms with Crippen molar-refractivity contribution in [3.63, 3.8) is 0 Å². The Morgan fingerprint density at radius 3 is 0.585 bits per heavy atom. The van der Waals surface area contributed by atoms with E-state index in [1.807, 2.05) is 0 Å². The maximum absolute atomic E-state index is 13.2. The fraction of sp³-hybridized carbons (Fsp3) is 0.954. The van der Waals surface area contributed by atoms with Gasteiger partial charge in [0.15, 0.2) is 12.2 Å². The number of carbonyl (C=O) groups excluding carboxylic acids is 4. The van der Waals surface area contributed by atoms with Crippen LogP contribution in [-0.2, 0) is 65.4 Å². The van der Waals surface area contributed by atoms with Crippen LogP contribution in [0.3, 0.4) is 0 Å². The fourth-order valence-corrected chi connectivity index (χ4v) is 15.1.